The van der Waals surface area contributed by atoms with Gasteiger partial charge in [0.25, 0.3) is 0 Å². The summed E-state index contributed by atoms with van der Waals surface area (Å²) in [7, 11) is 0. The van der Waals surface area contributed by atoms with Gasteiger partial charge in [0.05, 0.1) is 17.8 Å². The number of hydrogen-bond donors (Lipinski definition) is 2. The van der Waals surface area contributed by atoms with E-state index >= 15 is 0 Å². The Morgan fingerprint density at radius 3 is 2.42 bits per heavy atom. The molecule has 3 rings (SSSR count). The van der Waals surface area contributed by atoms with Crippen LogP contribution in [0.3, 0.4) is 0 Å². The van der Waals surface area contributed by atoms with Gasteiger partial charge in [-0.2, -0.15) is 0 Å². The summed E-state index contributed by atoms with van der Waals surface area (Å²) in [6.07, 6.45) is 6.24. The molecule has 0 unspecified atom stereocenters. The molecule has 2 amide bonds. The van der Waals surface area contributed by atoms with Gasteiger partial charge in [0.2, 0.25) is 0 Å². The van der Waals surface area contributed by atoms with Crippen LogP contribution in [0, 0.1) is 0 Å². The van der Waals surface area contributed by atoms with E-state index in [1.165, 1.54) is 0 Å². The van der Waals surface area contributed by atoms with E-state index in [-0.39, 0.29) is 17.6 Å². The topological polar surface area (TPSA) is 75.1 Å². The SMILES string of the molecule is CC(C)NC(=O)N1CCC(n2cc(C3(NC(C)C)CC3)nn2)CC1. The van der Waals surface area contributed by atoms with Crippen LogP contribution in [0.25, 0.3) is 0 Å². The van der Waals surface area contributed by atoms with Gasteiger partial charge in [0, 0.05) is 25.2 Å². The van der Waals surface area contributed by atoms with Crippen molar-refractivity contribution in [1.29, 1.82) is 0 Å². The fourth-order valence-electron chi connectivity index (χ4n) is 3.50. The molecule has 2 heterocycles. The molecule has 7 heteroatoms. The Morgan fingerprint density at radius 2 is 1.88 bits per heavy atom. The molecule has 1 saturated carbocycles. The lowest BCUT2D eigenvalue weighted by Gasteiger charge is -2.32. The number of nitrogens with zero attached hydrogens (tertiary/aromatic N) is 4. The summed E-state index contributed by atoms with van der Waals surface area (Å²) in [6.45, 7) is 9.85. The Kier molecular flexibility index (Phi) is 4.80. The number of nitrogens with one attached hydrogen (secondary N) is 2. The number of carbonyl (C=O) groups excluding carboxylic acids is 1. The molecule has 0 spiro atoms. The molecule has 134 valence electrons. The zero-order valence-corrected chi connectivity index (χ0v) is 15.2. The van der Waals surface area contributed by atoms with Crippen LogP contribution in [-0.4, -0.2) is 51.1 Å². The zero-order valence-electron chi connectivity index (χ0n) is 15.2. The first-order chi connectivity index (χ1) is 11.4. The van der Waals surface area contributed by atoms with E-state index in [0.717, 1.165) is 44.5 Å². The number of hydrogen-bond acceptors (Lipinski definition) is 4. The van der Waals surface area contributed by atoms with E-state index in [1.807, 2.05) is 23.4 Å². The van der Waals surface area contributed by atoms with Gasteiger partial charge in [-0.3, -0.25) is 0 Å². The van der Waals surface area contributed by atoms with E-state index in [2.05, 4.69) is 41.0 Å². The molecule has 1 aliphatic heterocycles. The monoisotopic (exact) mass is 334 g/mol. The maximum atomic E-state index is 12.1. The Morgan fingerprint density at radius 1 is 1.21 bits per heavy atom. The predicted molar refractivity (Wildman–Crippen MR) is 92.7 cm³/mol. The standard InChI is InChI=1S/C17H30N6O/c1-12(2)18-16(24)22-9-5-14(6-10-22)23-11-15(20-21-23)17(7-8-17)19-13(3)4/h11-14,19H,5-10H2,1-4H3,(H,18,24). The average molecular weight is 334 g/mol. The smallest absolute Gasteiger partial charge is 0.317 e. The molecular weight excluding hydrogens is 304 g/mol. The van der Waals surface area contributed by atoms with Crippen molar-refractivity contribution in [3.05, 3.63) is 11.9 Å². The predicted octanol–water partition coefficient (Wildman–Crippen LogP) is 2.02. The van der Waals surface area contributed by atoms with E-state index in [9.17, 15) is 4.79 Å². The molecule has 1 aromatic heterocycles. The van der Waals surface area contributed by atoms with Crippen LogP contribution in [0.1, 0.15) is 65.1 Å². The van der Waals surface area contributed by atoms with Crippen LogP contribution in [0.15, 0.2) is 6.20 Å². The molecule has 0 aromatic carbocycles. The minimum absolute atomic E-state index is 0.0424. The Balaban J connectivity index is 1.57. The molecular formula is C17H30N6O. The summed E-state index contributed by atoms with van der Waals surface area (Å²) in [5.41, 5.74) is 1.11. The van der Waals surface area contributed by atoms with Crippen molar-refractivity contribution < 1.29 is 4.79 Å². The summed E-state index contributed by atoms with van der Waals surface area (Å²) in [5.74, 6) is 0. The third kappa shape index (κ3) is 3.71. The number of piperidine rings is 1. The van der Waals surface area contributed by atoms with Gasteiger partial charge in [0.15, 0.2) is 0 Å². The van der Waals surface area contributed by atoms with Gasteiger partial charge in [-0.05, 0) is 53.4 Å². The molecule has 1 aromatic rings. The van der Waals surface area contributed by atoms with E-state index < -0.39 is 0 Å². The van der Waals surface area contributed by atoms with Gasteiger partial charge in [-0.15, -0.1) is 5.10 Å². The lowest BCUT2D eigenvalue weighted by atomic mass is 10.1. The lowest BCUT2D eigenvalue weighted by Crippen LogP contribution is -2.46. The maximum Gasteiger partial charge on any atom is 0.317 e. The highest BCUT2D eigenvalue weighted by molar-refractivity contribution is 5.74. The molecule has 2 aliphatic rings. The van der Waals surface area contributed by atoms with Gasteiger partial charge in [-0.25, -0.2) is 9.48 Å². The van der Waals surface area contributed by atoms with Crippen LogP contribution in [0.4, 0.5) is 4.79 Å². The highest BCUT2D eigenvalue weighted by Crippen LogP contribution is 2.45. The first-order valence-corrected chi connectivity index (χ1v) is 9.15. The summed E-state index contributed by atoms with van der Waals surface area (Å²) in [4.78, 5) is 14.0. The fourth-order valence-corrected chi connectivity index (χ4v) is 3.50. The van der Waals surface area contributed by atoms with Crippen molar-refractivity contribution in [2.75, 3.05) is 13.1 Å². The number of carbonyl (C=O) groups is 1. The Bertz CT molecular complexity index is 569. The van der Waals surface area contributed by atoms with E-state index in [4.69, 9.17) is 0 Å². The molecule has 1 saturated heterocycles. The zero-order chi connectivity index (χ0) is 17.3. The van der Waals surface area contributed by atoms with Crippen LogP contribution >= 0.6 is 0 Å². The second-order valence-corrected chi connectivity index (χ2v) is 7.79. The minimum Gasteiger partial charge on any atom is -0.336 e. The third-order valence-corrected chi connectivity index (χ3v) is 4.85. The minimum atomic E-state index is 0.0424. The van der Waals surface area contributed by atoms with Crippen molar-refractivity contribution in [2.45, 2.75) is 77.0 Å². The number of urea groups is 1. The molecule has 1 aliphatic carbocycles. The molecule has 0 atom stereocenters. The Hall–Kier alpha value is -1.63. The van der Waals surface area contributed by atoms with Crippen molar-refractivity contribution in [1.82, 2.24) is 30.5 Å². The number of amides is 2. The van der Waals surface area contributed by atoms with Crippen LogP contribution in [0.2, 0.25) is 0 Å². The van der Waals surface area contributed by atoms with E-state index in [1.54, 1.807) is 0 Å². The van der Waals surface area contributed by atoms with Crippen molar-refractivity contribution in [2.24, 2.45) is 0 Å². The second kappa shape index (κ2) is 6.70. The molecule has 24 heavy (non-hydrogen) atoms. The fraction of sp³-hybridized carbons (Fsp3) is 0.824. The average Bonchev–Trinajstić information content (AvgIpc) is 3.11. The van der Waals surface area contributed by atoms with Gasteiger partial charge in [0.1, 0.15) is 5.69 Å². The second-order valence-electron chi connectivity index (χ2n) is 7.79. The van der Waals surface area contributed by atoms with Crippen molar-refractivity contribution in [3.63, 3.8) is 0 Å². The molecule has 0 bridgehead atoms. The first-order valence-electron chi connectivity index (χ1n) is 9.15. The molecule has 0 radical (unpaired) electrons. The summed E-state index contributed by atoms with van der Waals surface area (Å²) in [6, 6.07) is 1.00. The number of likely N-dealkylation sites (tertiary alicyclic amines) is 1. The normalized spacial score (nSPS) is 20.7. The highest BCUT2D eigenvalue weighted by atomic mass is 16.2. The van der Waals surface area contributed by atoms with Crippen LogP contribution in [0.5, 0.6) is 0 Å². The summed E-state index contributed by atoms with van der Waals surface area (Å²) in [5, 5.41) is 15.4. The number of rotatable bonds is 5. The third-order valence-electron chi connectivity index (χ3n) is 4.85. The summed E-state index contributed by atoms with van der Waals surface area (Å²) < 4.78 is 2.01. The van der Waals surface area contributed by atoms with Gasteiger partial charge < -0.3 is 15.5 Å². The number of aromatic nitrogens is 3. The lowest BCUT2D eigenvalue weighted by molar-refractivity contribution is 0.166. The van der Waals surface area contributed by atoms with Crippen LogP contribution in [-0.2, 0) is 5.54 Å². The molecule has 2 N–H and O–H groups in total. The van der Waals surface area contributed by atoms with Crippen LogP contribution < -0.4 is 10.6 Å². The maximum absolute atomic E-state index is 12.1. The summed E-state index contributed by atoms with van der Waals surface area (Å²) >= 11 is 0. The largest absolute Gasteiger partial charge is 0.336 e. The quantitative estimate of drug-likeness (QED) is 0.864. The molecule has 7 nitrogen and oxygen atoms in total. The highest BCUT2D eigenvalue weighted by Gasteiger charge is 2.47. The first kappa shape index (κ1) is 17.2. The van der Waals surface area contributed by atoms with E-state index in [0.29, 0.717) is 12.1 Å². The molecule has 2 fully saturated rings. The van der Waals surface area contributed by atoms with Gasteiger partial charge >= 0.3 is 6.03 Å². The van der Waals surface area contributed by atoms with Crippen molar-refractivity contribution >= 4 is 6.03 Å². The Labute approximate surface area is 144 Å². The van der Waals surface area contributed by atoms with Crippen molar-refractivity contribution in [3.8, 4) is 0 Å². The van der Waals surface area contributed by atoms with Gasteiger partial charge in [-0.1, -0.05) is 5.21 Å².